The molecular formula is C17H25NO2. The Hall–Kier alpha value is -1.51. The SMILES string of the molecule is Cc1cc2c(cc1C(=O)O)C(C)CC(C)(C)N2C(C)C. The minimum Gasteiger partial charge on any atom is -0.478 e. The summed E-state index contributed by atoms with van der Waals surface area (Å²) in [5.41, 5.74) is 3.73. The summed E-state index contributed by atoms with van der Waals surface area (Å²) >= 11 is 0. The molecule has 0 saturated heterocycles. The Morgan fingerprint density at radius 2 is 2.00 bits per heavy atom. The maximum absolute atomic E-state index is 11.3. The van der Waals surface area contributed by atoms with Gasteiger partial charge in [0.25, 0.3) is 0 Å². The Morgan fingerprint density at radius 1 is 1.40 bits per heavy atom. The Morgan fingerprint density at radius 3 is 2.50 bits per heavy atom. The highest BCUT2D eigenvalue weighted by Gasteiger charge is 2.38. The van der Waals surface area contributed by atoms with Crippen molar-refractivity contribution >= 4 is 11.7 Å². The van der Waals surface area contributed by atoms with Crippen LogP contribution in [0.2, 0.25) is 0 Å². The number of benzene rings is 1. The molecule has 0 aliphatic carbocycles. The van der Waals surface area contributed by atoms with E-state index in [1.807, 2.05) is 13.0 Å². The van der Waals surface area contributed by atoms with Gasteiger partial charge in [0.1, 0.15) is 0 Å². The van der Waals surface area contributed by atoms with E-state index in [2.05, 4.69) is 45.6 Å². The molecule has 0 saturated carbocycles. The van der Waals surface area contributed by atoms with Crippen molar-refractivity contribution in [2.45, 2.75) is 65.5 Å². The second kappa shape index (κ2) is 4.80. The van der Waals surface area contributed by atoms with Crippen LogP contribution in [0.4, 0.5) is 5.69 Å². The summed E-state index contributed by atoms with van der Waals surface area (Å²) < 4.78 is 0. The minimum atomic E-state index is -0.835. The molecule has 3 nitrogen and oxygen atoms in total. The highest BCUT2D eigenvalue weighted by molar-refractivity contribution is 5.90. The third-order valence-corrected chi connectivity index (χ3v) is 4.37. The lowest BCUT2D eigenvalue weighted by Gasteiger charge is -2.50. The first-order valence-corrected chi connectivity index (χ1v) is 7.32. The molecule has 1 N–H and O–H groups in total. The van der Waals surface area contributed by atoms with Crippen molar-refractivity contribution in [2.75, 3.05) is 4.90 Å². The number of nitrogens with zero attached hydrogens (tertiary/aromatic N) is 1. The largest absolute Gasteiger partial charge is 0.478 e. The fourth-order valence-electron chi connectivity index (χ4n) is 3.80. The van der Waals surface area contributed by atoms with Crippen LogP contribution in [-0.4, -0.2) is 22.7 Å². The number of hydrogen-bond acceptors (Lipinski definition) is 2. The van der Waals surface area contributed by atoms with Gasteiger partial charge in [-0.1, -0.05) is 6.92 Å². The second-order valence-electron chi connectivity index (χ2n) is 6.91. The van der Waals surface area contributed by atoms with E-state index in [0.29, 0.717) is 17.5 Å². The smallest absolute Gasteiger partial charge is 0.335 e. The molecular weight excluding hydrogens is 250 g/mol. The summed E-state index contributed by atoms with van der Waals surface area (Å²) in [6, 6.07) is 4.32. The number of fused-ring (bicyclic) bond motifs is 1. The Kier molecular flexibility index (Phi) is 3.57. The van der Waals surface area contributed by atoms with Gasteiger partial charge in [-0.25, -0.2) is 4.79 Å². The molecule has 20 heavy (non-hydrogen) atoms. The van der Waals surface area contributed by atoms with Crippen LogP contribution in [0.1, 0.15) is 68.4 Å². The van der Waals surface area contributed by atoms with Crippen molar-refractivity contribution in [2.24, 2.45) is 0 Å². The summed E-state index contributed by atoms with van der Waals surface area (Å²) in [6.07, 6.45) is 1.04. The number of rotatable bonds is 2. The molecule has 1 unspecified atom stereocenters. The summed E-state index contributed by atoms with van der Waals surface area (Å²) in [7, 11) is 0. The molecule has 2 rings (SSSR count). The molecule has 0 aromatic heterocycles. The van der Waals surface area contributed by atoms with Gasteiger partial charge in [-0.2, -0.15) is 0 Å². The highest BCUT2D eigenvalue weighted by Crippen LogP contribution is 2.45. The molecule has 0 amide bonds. The molecule has 1 aliphatic rings. The van der Waals surface area contributed by atoms with Crippen molar-refractivity contribution in [3.05, 3.63) is 28.8 Å². The topological polar surface area (TPSA) is 40.5 Å². The number of aryl methyl sites for hydroxylation is 1. The van der Waals surface area contributed by atoms with Gasteiger partial charge in [0, 0.05) is 17.3 Å². The minimum absolute atomic E-state index is 0.0950. The number of hydrogen-bond donors (Lipinski definition) is 1. The van der Waals surface area contributed by atoms with E-state index in [4.69, 9.17) is 0 Å². The Bertz CT molecular complexity index is 546. The van der Waals surface area contributed by atoms with Crippen molar-refractivity contribution in [1.82, 2.24) is 0 Å². The van der Waals surface area contributed by atoms with Crippen LogP contribution in [0.15, 0.2) is 12.1 Å². The predicted molar refractivity (Wildman–Crippen MR) is 82.9 cm³/mol. The first-order chi connectivity index (χ1) is 9.15. The number of carboxylic acid groups (broad SMARTS) is 1. The van der Waals surface area contributed by atoms with Crippen LogP contribution in [0.25, 0.3) is 0 Å². The molecule has 1 heterocycles. The zero-order valence-electron chi connectivity index (χ0n) is 13.3. The van der Waals surface area contributed by atoms with Crippen LogP contribution >= 0.6 is 0 Å². The van der Waals surface area contributed by atoms with Gasteiger partial charge in [0.15, 0.2) is 0 Å². The first-order valence-electron chi connectivity index (χ1n) is 7.32. The fraction of sp³-hybridized carbons (Fsp3) is 0.588. The fourth-order valence-corrected chi connectivity index (χ4v) is 3.80. The molecule has 1 aromatic carbocycles. The molecule has 0 radical (unpaired) electrons. The maximum atomic E-state index is 11.3. The van der Waals surface area contributed by atoms with E-state index in [9.17, 15) is 9.90 Å². The number of carboxylic acids is 1. The average molecular weight is 275 g/mol. The van der Waals surface area contributed by atoms with Crippen LogP contribution in [-0.2, 0) is 0 Å². The van der Waals surface area contributed by atoms with Gasteiger partial charge in [-0.3, -0.25) is 0 Å². The monoisotopic (exact) mass is 275 g/mol. The van der Waals surface area contributed by atoms with Crippen LogP contribution < -0.4 is 4.90 Å². The third-order valence-electron chi connectivity index (χ3n) is 4.37. The molecule has 0 bridgehead atoms. The van der Waals surface area contributed by atoms with E-state index < -0.39 is 5.97 Å². The molecule has 0 spiro atoms. The van der Waals surface area contributed by atoms with Gasteiger partial charge in [-0.05, 0) is 70.2 Å². The van der Waals surface area contributed by atoms with E-state index in [1.54, 1.807) is 0 Å². The van der Waals surface area contributed by atoms with Crippen LogP contribution in [0.5, 0.6) is 0 Å². The van der Waals surface area contributed by atoms with Crippen molar-refractivity contribution < 1.29 is 9.90 Å². The average Bonchev–Trinajstić information content (AvgIpc) is 2.25. The van der Waals surface area contributed by atoms with Gasteiger partial charge in [0.2, 0.25) is 0 Å². The quantitative estimate of drug-likeness (QED) is 0.879. The maximum Gasteiger partial charge on any atom is 0.335 e. The zero-order chi connectivity index (χ0) is 15.2. The van der Waals surface area contributed by atoms with Gasteiger partial charge >= 0.3 is 5.97 Å². The Labute approximate surface area is 121 Å². The number of carbonyl (C=O) groups is 1. The molecule has 1 aromatic rings. The highest BCUT2D eigenvalue weighted by atomic mass is 16.4. The lowest BCUT2D eigenvalue weighted by atomic mass is 9.78. The normalized spacial score (nSPS) is 20.9. The van der Waals surface area contributed by atoms with E-state index in [-0.39, 0.29) is 5.54 Å². The molecule has 0 fully saturated rings. The second-order valence-corrected chi connectivity index (χ2v) is 6.91. The van der Waals surface area contributed by atoms with E-state index >= 15 is 0 Å². The predicted octanol–water partition coefficient (Wildman–Crippen LogP) is 4.19. The summed E-state index contributed by atoms with van der Waals surface area (Å²) in [5.74, 6) is -0.452. The van der Waals surface area contributed by atoms with Gasteiger partial charge < -0.3 is 10.0 Å². The third kappa shape index (κ3) is 2.30. The number of anilines is 1. The summed E-state index contributed by atoms with van der Waals surface area (Å²) in [6.45, 7) is 13.0. The molecule has 110 valence electrons. The van der Waals surface area contributed by atoms with Gasteiger partial charge in [0.05, 0.1) is 5.56 Å². The standard InChI is InChI=1S/C17H25NO2/c1-10(2)18-15-7-11(3)14(16(19)20)8-13(15)12(4)9-17(18,5)6/h7-8,10,12H,9H2,1-6H3,(H,19,20). The molecule has 1 aliphatic heterocycles. The molecule has 3 heteroatoms. The summed E-state index contributed by atoms with van der Waals surface area (Å²) in [5, 5.41) is 9.32. The van der Waals surface area contributed by atoms with Crippen LogP contribution in [0.3, 0.4) is 0 Å². The number of aromatic carboxylic acids is 1. The lowest BCUT2D eigenvalue weighted by molar-refractivity contribution is 0.0696. The van der Waals surface area contributed by atoms with Crippen molar-refractivity contribution in [1.29, 1.82) is 0 Å². The van der Waals surface area contributed by atoms with E-state index in [0.717, 1.165) is 12.0 Å². The van der Waals surface area contributed by atoms with Crippen molar-refractivity contribution in [3.63, 3.8) is 0 Å². The van der Waals surface area contributed by atoms with Gasteiger partial charge in [-0.15, -0.1) is 0 Å². The zero-order valence-corrected chi connectivity index (χ0v) is 13.3. The summed E-state index contributed by atoms with van der Waals surface area (Å²) in [4.78, 5) is 13.8. The van der Waals surface area contributed by atoms with Crippen LogP contribution in [0, 0.1) is 6.92 Å². The first kappa shape index (κ1) is 14.9. The Balaban J connectivity index is 2.67. The van der Waals surface area contributed by atoms with E-state index in [1.165, 1.54) is 11.3 Å². The molecule has 1 atom stereocenters. The van der Waals surface area contributed by atoms with Crippen molar-refractivity contribution in [3.8, 4) is 0 Å². The lowest BCUT2D eigenvalue weighted by Crippen LogP contribution is -2.51.